The molecule has 0 spiro atoms. The summed E-state index contributed by atoms with van der Waals surface area (Å²) < 4.78 is 1.88. The minimum absolute atomic E-state index is 0.0644. The monoisotopic (exact) mass is 492 g/mol. The number of piperidine rings is 1. The molecule has 4 aromatic rings. The Morgan fingerprint density at radius 1 is 1.00 bits per heavy atom. The quantitative estimate of drug-likeness (QED) is 0.350. The molecule has 1 aliphatic heterocycles. The Morgan fingerprint density at radius 2 is 1.81 bits per heavy atom. The Bertz CT molecular complexity index is 1390. The number of nitrogens with one attached hydrogen (secondary N) is 1. The van der Waals surface area contributed by atoms with Crippen molar-refractivity contribution in [3.8, 4) is 11.1 Å². The van der Waals surface area contributed by atoms with Crippen molar-refractivity contribution in [1.82, 2.24) is 14.7 Å². The summed E-state index contributed by atoms with van der Waals surface area (Å²) in [4.78, 5) is 28.4. The van der Waals surface area contributed by atoms with Crippen LogP contribution in [0.15, 0.2) is 85.2 Å². The van der Waals surface area contributed by atoms with E-state index in [1.54, 1.807) is 6.20 Å². The van der Waals surface area contributed by atoms with Crippen LogP contribution in [0.1, 0.15) is 58.0 Å². The van der Waals surface area contributed by atoms with Gasteiger partial charge in [0.2, 0.25) is 0 Å². The summed E-state index contributed by atoms with van der Waals surface area (Å²) >= 11 is 0. The van der Waals surface area contributed by atoms with Crippen LogP contribution in [0.2, 0.25) is 0 Å². The van der Waals surface area contributed by atoms with Gasteiger partial charge in [0.25, 0.3) is 11.8 Å². The van der Waals surface area contributed by atoms with Gasteiger partial charge in [0, 0.05) is 41.8 Å². The maximum atomic E-state index is 13.4. The lowest BCUT2D eigenvalue weighted by molar-refractivity contribution is 0.0635. The number of carbonyl (C=O) groups is 2. The second-order valence-corrected chi connectivity index (χ2v) is 9.77. The second kappa shape index (κ2) is 10.8. The molecule has 1 atom stereocenters. The van der Waals surface area contributed by atoms with E-state index in [0.717, 1.165) is 41.6 Å². The van der Waals surface area contributed by atoms with Gasteiger partial charge in [-0.05, 0) is 85.7 Å². The Morgan fingerprint density at radius 3 is 2.54 bits per heavy atom. The number of amides is 2. The van der Waals surface area contributed by atoms with Crippen molar-refractivity contribution in [3.63, 3.8) is 0 Å². The summed E-state index contributed by atoms with van der Waals surface area (Å²) in [7, 11) is 0. The lowest BCUT2D eigenvalue weighted by Gasteiger charge is -2.33. The Hall–Kier alpha value is -4.19. The first-order chi connectivity index (χ1) is 18.0. The summed E-state index contributed by atoms with van der Waals surface area (Å²) in [6, 6.07) is 23.5. The van der Waals surface area contributed by atoms with E-state index in [2.05, 4.69) is 29.5 Å². The number of aromatic nitrogens is 2. The number of rotatable bonds is 6. The lowest BCUT2D eigenvalue weighted by Crippen LogP contribution is -2.42. The summed E-state index contributed by atoms with van der Waals surface area (Å²) in [5.74, 6) is -0.113. The maximum absolute atomic E-state index is 13.4. The fourth-order valence-corrected chi connectivity index (χ4v) is 5.00. The van der Waals surface area contributed by atoms with E-state index >= 15 is 0 Å². The van der Waals surface area contributed by atoms with Crippen LogP contribution in [-0.2, 0) is 6.54 Å². The van der Waals surface area contributed by atoms with Crippen LogP contribution in [-0.4, -0.2) is 39.1 Å². The molecule has 2 amide bonds. The Balaban J connectivity index is 1.32. The van der Waals surface area contributed by atoms with Crippen LogP contribution >= 0.6 is 0 Å². The molecule has 1 aliphatic rings. The first-order valence-corrected chi connectivity index (χ1v) is 12.9. The average molecular weight is 493 g/mol. The van der Waals surface area contributed by atoms with Gasteiger partial charge < -0.3 is 10.2 Å². The molecule has 1 aromatic heterocycles. The highest BCUT2D eigenvalue weighted by molar-refractivity contribution is 6.09. The molecule has 37 heavy (non-hydrogen) atoms. The van der Waals surface area contributed by atoms with Crippen molar-refractivity contribution in [3.05, 3.63) is 107 Å². The molecule has 0 radical (unpaired) electrons. The fraction of sp³-hybridized carbons (Fsp3) is 0.258. The lowest BCUT2D eigenvalue weighted by atomic mass is 9.98. The van der Waals surface area contributed by atoms with Crippen LogP contribution in [0.5, 0.6) is 0 Å². The van der Waals surface area contributed by atoms with E-state index in [4.69, 9.17) is 0 Å². The number of benzene rings is 3. The van der Waals surface area contributed by atoms with Crippen molar-refractivity contribution in [1.29, 1.82) is 0 Å². The van der Waals surface area contributed by atoms with Gasteiger partial charge in [0.15, 0.2) is 0 Å². The molecule has 1 saturated heterocycles. The van der Waals surface area contributed by atoms with Crippen molar-refractivity contribution in [2.45, 2.75) is 45.7 Å². The molecule has 188 valence electrons. The molecule has 2 heterocycles. The van der Waals surface area contributed by atoms with Gasteiger partial charge in [0.05, 0.1) is 6.54 Å². The maximum Gasteiger partial charge on any atom is 0.256 e. The zero-order chi connectivity index (χ0) is 25.8. The van der Waals surface area contributed by atoms with Crippen LogP contribution < -0.4 is 5.32 Å². The highest BCUT2D eigenvalue weighted by Crippen LogP contribution is 2.27. The minimum atomic E-state index is -0.178. The normalized spacial score (nSPS) is 15.4. The minimum Gasteiger partial charge on any atom is -0.336 e. The number of carbonyl (C=O) groups excluding carboxylic acids is 2. The third-order valence-corrected chi connectivity index (χ3v) is 7.13. The van der Waals surface area contributed by atoms with Gasteiger partial charge in [-0.3, -0.25) is 14.3 Å². The highest BCUT2D eigenvalue weighted by Gasteiger charge is 2.24. The number of hydrogen-bond acceptors (Lipinski definition) is 3. The standard InChI is InChI=1S/C31H32N4O2/c1-22-20-26(31(37)35-19-6-5-8-23(35)2)15-16-29(22)33-30(36)28-10-4-3-9-27(28)25-13-11-24(12-14-25)21-34-18-7-17-32-34/h3-4,7,9-18,20,23H,5-6,8,19,21H2,1-2H3,(H,33,36). The van der Waals surface area contributed by atoms with E-state index in [-0.39, 0.29) is 17.9 Å². The average Bonchev–Trinajstić information content (AvgIpc) is 3.43. The predicted molar refractivity (Wildman–Crippen MR) is 147 cm³/mol. The van der Waals surface area contributed by atoms with Gasteiger partial charge in [-0.1, -0.05) is 42.5 Å². The van der Waals surface area contributed by atoms with Gasteiger partial charge in [-0.2, -0.15) is 5.10 Å². The molecule has 5 rings (SSSR count). The van der Waals surface area contributed by atoms with Gasteiger partial charge >= 0.3 is 0 Å². The molecule has 1 N–H and O–H groups in total. The van der Waals surface area contributed by atoms with Crippen LogP contribution in [0, 0.1) is 6.92 Å². The first kappa shape index (κ1) is 24.5. The van der Waals surface area contributed by atoms with Crippen LogP contribution in [0.25, 0.3) is 11.1 Å². The number of hydrogen-bond donors (Lipinski definition) is 1. The third kappa shape index (κ3) is 5.48. The smallest absolute Gasteiger partial charge is 0.256 e. The van der Waals surface area contributed by atoms with E-state index in [1.807, 2.05) is 83.4 Å². The summed E-state index contributed by atoms with van der Waals surface area (Å²) in [6.45, 7) is 5.54. The van der Waals surface area contributed by atoms with Crippen molar-refractivity contribution < 1.29 is 9.59 Å². The molecule has 6 nitrogen and oxygen atoms in total. The van der Waals surface area contributed by atoms with Gasteiger partial charge in [-0.25, -0.2) is 0 Å². The Labute approximate surface area is 217 Å². The number of nitrogens with zero attached hydrogens (tertiary/aromatic N) is 3. The van der Waals surface area contributed by atoms with Crippen molar-refractivity contribution in [2.24, 2.45) is 0 Å². The van der Waals surface area contributed by atoms with Crippen LogP contribution in [0.3, 0.4) is 0 Å². The third-order valence-electron chi connectivity index (χ3n) is 7.13. The zero-order valence-corrected chi connectivity index (χ0v) is 21.4. The molecule has 0 bridgehead atoms. The summed E-state index contributed by atoms with van der Waals surface area (Å²) in [5.41, 5.74) is 5.82. The Kier molecular flexibility index (Phi) is 7.17. The molecule has 6 heteroatoms. The predicted octanol–water partition coefficient (Wildman–Crippen LogP) is 6.17. The van der Waals surface area contributed by atoms with Gasteiger partial charge in [0.1, 0.15) is 0 Å². The van der Waals surface area contributed by atoms with E-state index in [0.29, 0.717) is 23.4 Å². The van der Waals surface area contributed by atoms with Crippen LogP contribution in [0.4, 0.5) is 5.69 Å². The second-order valence-electron chi connectivity index (χ2n) is 9.77. The SMILES string of the molecule is Cc1cc(C(=O)N2CCCCC2C)ccc1NC(=O)c1ccccc1-c1ccc(Cn2cccn2)cc1. The molecule has 1 unspecified atom stereocenters. The first-order valence-electron chi connectivity index (χ1n) is 12.9. The number of anilines is 1. The van der Waals surface area contributed by atoms with E-state index in [9.17, 15) is 9.59 Å². The summed E-state index contributed by atoms with van der Waals surface area (Å²) in [5, 5.41) is 7.32. The molecule has 1 fully saturated rings. The molecule has 3 aromatic carbocycles. The van der Waals surface area contributed by atoms with Crippen molar-refractivity contribution >= 4 is 17.5 Å². The fourth-order valence-electron chi connectivity index (χ4n) is 5.00. The summed E-state index contributed by atoms with van der Waals surface area (Å²) in [6.07, 6.45) is 6.98. The molecule has 0 saturated carbocycles. The number of aryl methyl sites for hydroxylation is 1. The molecule has 0 aliphatic carbocycles. The number of likely N-dealkylation sites (tertiary alicyclic amines) is 1. The largest absolute Gasteiger partial charge is 0.336 e. The molecular weight excluding hydrogens is 460 g/mol. The van der Waals surface area contributed by atoms with Gasteiger partial charge in [-0.15, -0.1) is 0 Å². The van der Waals surface area contributed by atoms with E-state index in [1.165, 1.54) is 6.42 Å². The van der Waals surface area contributed by atoms with Crippen molar-refractivity contribution in [2.75, 3.05) is 11.9 Å². The highest BCUT2D eigenvalue weighted by atomic mass is 16.2. The molecular formula is C31H32N4O2. The van der Waals surface area contributed by atoms with E-state index < -0.39 is 0 Å². The topological polar surface area (TPSA) is 67.2 Å². The zero-order valence-electron chi connectivity index (χ0n) is 21.4.